The highest BCUT2D eigenvalue weighted by Crippen LogP contribution is 2.20. The van der Waals surface area contributed by atoms with Gasteiger partial charge in [-0.05, 0) is 27.0 Å². The van der Waals surface area contributed by atoms with Crippen molar-refractivity contribution in [3.8, 4) is 0 Å². The van der Waals surface area contributed by atoms with Crippen molar-refractivity contribution in [2.24, 2.45) is 0 Å². The second kappa shape index (κ2) is 4.03. The molecule has 0 aliphatic carbocycles. The summed E-state index contributed by atoms with van der Waals surface area (Å²) in [5.74, 6) is 0. The van der Waals surface area contributed by atoms with E-state index in [1.165, 1.54) is 11.1 Å². The third-order valence-electron chi connectivity index (χ3n) is 2.54. The molecule has 0 aliphatic heterocycles. The Hall–Kier alpha value is -1.35. The zero-order valence-corrected chi connectivity index (χ0v) is 9.49. The van der Waals surface area contributed by atoms with Crippen LogP contribution >= 0.6 is 0 Å². The number of nitrogens with zero attached hydrogens (tertiary/aromatic N) is 2. The maximum absolute atomic E-state index is 4.61. The Kier molecular flexibility index (Phi) is 2.73. The summed E-state index contributed by atoms with van der Waals surface area (Å²) in [5.41, 5.74) is 2.35. The van der Waals surface area contributed by atoms with Gasteiger partial charge in [-0.3, -0.25) is 4.68 Å². The minimum absolute atomic E-state index is 0.403. The van der Waals surface area contributed by atoms with Crippen LogP contribution in [-0.4, -0.2) is 16.8 Å². The Balaban J connectivity index is 2.63. The first-order valence-corrected chi connectivity index (χ1v) is 5.34. The second-order valence-corrected chi connectivity index (χ2v) is 4.03. The molecule has 2 rings (SSSR count). The van der Waals surface area contributed by atoms with E-state index in [9.17, 15) is 0 Å². The summed E-state index contributed by atoms with van der Waals surface area (Å²) >= 11 is 0. The van der Waals surface area contributed by atoms with E-state index in [1.807, 2.05) is 13.1 Å². The van der Waals surface area contributed by atoms with Crippen LogP contribution in [0.4, 0.5) is 0 Å². The molecule has 0 atom stereocenters. The van der Waals surface area contributed by atoms with Crippen molar-refractivity contribution in [3.63, 3.8) is 0 Å². The largest absolute Gasteiger partial charge is 0.314 e. The van der Waals surface area contributed by atoms with Gasteiger partial charge in [-0.2, -0.15) is 5.10 Å². The number of aromatic nitrogens is 2. The van der Waals surface area contributed by atoms with Crippen LogP contribution in [0.15, 0.2) is 24.3 Å². The highest BCUT2D eigenvalue weighted by atomic mass is 15.3. The Labute approximate surface area is 90.1 Å². The first kappa shape index (κ1) is 10.2. The summed E-state index contributed by atoms with van der Waals surface area (Å²) in [6, 6.07) is 8.69. The molecular weight excluding hydrogens is 186 g/mol. The summed E-state index contributed by atoms with van der Waals surface area (Å²) in [4.78, 5) is 0. The summed E-state index contributed by atoms with van der Waals surface area (Å²) in [6.45, 7) is 5.18. The molecule has 0 bridgehead atoms. The third kappa shape index (κ3) is 1.75. The van der Waals surface area contributed by atoms with Gasteiger partial charge in [0.05, 0.1) is 11.2 Å². The van der Waals surface area contributed by atoms with E-state index in [1.54, 1.807) is 0 Å². The van der Waals surface area contributed by atoms with Crippen molar-refractivity contribution in [1.82, 2.24) is 15.1 Å². The zero-order valence-electron chi connectivity index (χ0n) is 9.49. The van der Waals surface area contributed by atoms with E-state index < -0.39 is 0 Å². The number of nitrogens with one attached hydrogen (secondary N) is 1. The number of hydrogen-bond acceptors (Lipinski definition) is 2. The molecule has 0 aliphatic rings. The van der Waals surface area contributed by atoms with Gasteiger partial charge in [0.25, 0.3) is 0 Å². The van der Waals surface area contributed by atoms with Crippen LogP contribution in [0.1, 0.15) is 25.6 Å². The fourth-order valence-electron chi connectivity index (χ4n) is 1.88. The number of fused-ring (bicyclic) bond motifs is 1. The standard InChI is InChI=1S/C12H17N3/c1-9(2)15-12(8-13-3)10-6-4-5-7-11(10)14-15/h4-7,9,13H,8H2,1-3H3. The van der Waals surface area contributed by atoms with Crippen molar-refractivity contribution in [2.45, 2.75) is 26.4 Å². The molecule has 1 heterocycles. The minimum atomic E-state index is 0.403. The smallest absolute Gasteiger partial charge is 0.0926 e. The summed E-state index contributed by atoms with van der Waals surface area (Å²) < 4.78 is 2.10. The van der Waals surface area contributed by atoms with Crippen molar-refractivity contribution in [3.05, 3.63) is 30.0 Å². The Morgan fingerprint density at radius 1 is 1.33 bits per heavy atom. The van der Waals surface area contributed by atoms with Crippen molar-refractivity contribution in [2.75, 3.05) is 7.05 Å². The van der Waals surface area contributed by atoms with Gasteiger partial charge in [0.1, 0.15) is 0 Å². The molecule has 0 spiro atoms. The Bertz CT molecular complexity index is 457. The van der Waals surface area contributed by atoms with E-state index in [0.29, 0.717) is 6.04 Å². The van der Waals surface area contributed by atoms with Crippen molar-refractivity contribution < 1.29 is 0 Å². The highest BCUT2D eigenvalue weighted by Gasteiger charge is 2.11. The molecule has 1 aromatic carbocycles. The monoisotopic (exact) mass is 203 g/mol. The first-order valence-electron chi connectivity index (χ1n) is 5.34. The fraction of sp³-hybridized carbons (Fsp3) is 0.417. The first-order chi connectivity index (χ1) is 7.24. The molecule has 15 heavy (non-hydrogen) atoms. The Morgan fingerprint density at radius 2 is 2.07 bits per heavy atom. The normalized spacial score (nSPS) is 11.5. The molecule has 2 aromatic rings. The molecule has 0 unspecified atom stereocenters. The van der Waals surface area contributed by atoms with Gasteiger partial charge in [-0.1, -0.05) is 18.2 Å². The van der Waals surface area contributed by atoms with E-state index >= 15 is 0 Å². The molecular formula is C12H17N3. The van der Waals surface area contributed by atoms with Crippen LogP contribution in [0.3, 0.4) is 0 Å². The summed E-state index contributed by atoms with van der Waals surface area (Å²) in [7, 11) is 1.96. The molecule has 1 aromatic heterocycles. The van der Waals surface area contributed by atoms with Crippen LogP contribution in [0.5, 0.6) is 0 Å². The van der Waals surface area contributed by atoms with E-state index in [0.717, 1.165) is 12.1 Å². The van der Waals surface area contributed by atoms with Gasteiger partial charge in [-0.25, -0.2) is 0 Å². The number of rotatable bonds is 3. The van der Waals surface area contributed by atoms with Gasteiger partial charge in [-0.15, -0.1) is 0 Å². The van der Waals surface area contributed by atoms with Gasteiger partial charge < -0.3 is 5.32 Å². The molecule has 80 valence electrons. The fourth-order valence-corrected chi connectivity index (χ4v) is 1.88. The predicted molar refractivity (Wildman–Crippen MR) is 62.9 cm³/mol. The van der Waals surface area contributed by atoms with Gasteiger partial charge in [0, 0.05) is 18.0 Å². The zero-order chi connectivity index (χ0) is 10.8. The van der Waals surface area contributed by atoms with E-state index in [4.69, 9.17) is 0 Å². The van der Waals surface area contributed by atoms with Crippen LogP contribution < -0.4 is 5.32 Å². The maximum Gasteiger partial charge on any atom is 0.0926 e. The van der Waals surface area contributed by atoms with Crippen molar-refractivity contribution >= 4 is 10.9 Å². The lowest BCUT2D eigenvalue weighted by Crippen LogP contribution is -2.13. The van der Waals surface area contributed by atoms with E-state index in [-0.39, 0.29) is 0 Å². The van der Waals surface area contributed by atoms with Crippen molar-refractivity contribution in [1.29, 1.82) is 0 Å². The average Bonchev–Trinajstić information content (AvgIpc) is 2.58. The molecule has 3 heteroatoms. The summed E-state index contributed by atoms with van der Waals surface area (Å²) in [6.07, 6.45) is 0. The van der Waals surface area contributed by atoms with Crippen LogP contribution in [0, 0.1) is 0 Å². The van der Waals surface area contributed by atoms with Gasteiger partial charge in [0.15, 0.2) is 0 Å². The topological polar surface area (TPSA) is 29.9 Å². The van der Waals surface area contributed by atoms with Crippen LogP contribution in [-0.2, 0) is 6.54 Å². The number of hydrogen-bond donors (Lipinski definition) is 1. The van der Waals surface area contributed by atoms with E-state index in [2.05, 4.69) is 47.1 Å². The van der Waals surface area contributed by atoms with Gasteiger partial charge in [0.2, 0.25) is 0 Å². The predicted octanol–water partition coefficient (Wildman–Crippen LogP) is 2.34. The van der Waals surface area contributed by atoms with Gasteiger partial charge >= 0.3 is 0 Å². The van der Waals surface area contributed by atoms with Crippen LogP contribution in [0.25, 0.3) is 10.9 Å². The quantitative estimate of drug-likeness (QED) is 0.829. The molecule has 0 amide bonds. The average molecular weight is 203 g/mol. The molecule has 0 saturated carbocycles. The molecule has 0 saturated heterocycles. The molecule has 0 radical (unpaired) electrons. The second-order valence-electron chi connectivity index (χ2n) is 4.03. The SMILES string of the molecule is CNCc1c2ccccc2nn1C(C)C. The minimum Gasteiger partial charge on any atom is -0.314 e. The lowest BCUT2D eigenvalue weighted by Gasteiger charge is -2.10. The highest BCUT2D eigenvalue weighted by molar-refractivity contribution is 5.81. The Morgan fingerprint density at radius 3 is 2.73 bits per heavy atom. The molecule has 1 N–H and O–H groups in total. The third-order valence-corrected chi connectivity index (χ3v) is 2.54. The number of benzene rings is 1. The lowest BCUT2D eigenvalue weighted by atomic mass is 10.2. The molecule has 3 nitrogen and oxygen atoms in total. The summed E-state index contributed by atoms with van der Waals surface area (Å²) in [5, 5.41) is 9.05. The lowest BCUT2D eigenvalue weighted by molar-refractivity contribution is 0.507. The van der Waals surface area contributed by atoms with Crippen LogP contribution in [0.2, 0.25) is 0 Å². The molecule has 0 fully saturated rings. The maximum atomic E-state index is 4.61.